The van der Waals surface area contributed by atoms with Crippen LogP contribution in [0, 0.1) is 3.57 Å². The maximum Gasteiger partial charge on any atom is 0.266 e. The lowest BCUT2D eigenvalue weighted by Gasteiger charge is -2.21. The van der Waals surface area contributed by atoms with Crippen LogP contribution < -0.4 is 10.9 Å². The number of amides is 1. The zero-order chi connectivity index (χ0) is 13.0. The second-order valence-electron chi connectivity index (χ2n) is 3.61. The Morgan fingerprint density at radius 1 is 1.71 bits per heavy atom. The van der Waals surface area contributed by atoms with Crippen LogP contribution in [0.25, 0.3) is 0 Å². The standard InChI is InChI=1S/C10H15IN4O2/c1-4-15(3)10(17)6(2)14-8-7(11)9(16)13-5-12-8/h5-6H,4H2,1-3H3,(H2,12,13,14,16). The Kier molecular flexibility index (Phi) is 4.91. The number of likely N-dealkylation sites (N-methyl/N-ethyl adjacent to an activating group) is 1. The van der Waals surface area contributed by atoms with Crippen molar-refractivity contribution in [1.82, 2.24) is 14.9 Å². The molecule has 0 aromatic carbocycles. The Morgan fingerprint density at radius 2 is 2.35 bits per heavy atom. The lowest BCUT2D eigenvalue weighted by Crippen LogP contribution is -2.39. The Labute approximate surface area is 113 Å². The molecule has 94 valence electrons. The summed E-state index contributed by atoms with van der Waals surface area (Å²) in [7, 11) is 1.73. The first-order chi connectivity index (χ1) is 7.97. The van der Waals surface area contributed by atoms with Crippen LogP contribution in [-0.2, 0) is 4.79 Å². The molecule has 0 saturated carbocycles. The van der Waals surface area contributed by atoms with Gasteiger partial charge in [0.2, 0.25) is 5.91 Å². The zero-order valence-electron chi connectivity index (χ0n) is 9.95. The molecule has 1 aromatic heterocycles. The Balaban J connectivity index is 2.81. The summed E-state index contributed by atoms with van der Waals surface area (Å²) in [4.78, 5) is 31.2. The van der Waals surface area contributed by atoms with Gasteiger partial charge in [-0.05, 0) is 36.4 Å². The quantitative estimate of drug-likeness (QED) is 0.782. The first-order valence-corrected chi connectivity index (χ1v) is 6.30. The molecule has 1 aromatic rings. The third-order valence-electron chi connectivity index (χ3n) is 2.37. The highest BCUT2D eigenvalue weighted by atomic mass is 127. The molecule has 0 saturated heterocycles. The van der Waals surface area contributed by atoms with Gasteiger partial charge in [-0.3, -0.25) is 9.59 Å². The average Bonchev–Trinajstić information content (AvgIpc) is 2.32. The van der Waals surface area contributed by atoms with Crippen LogP contribution in [0.5, 0.6) is 0 Å². The van der Waals surface area contributed by atoms with Crippen LogP contribution in [0.4, 0.5) is 5.82 Å². The minimum atomic E-state index is -0.414. The molecule has 1 amide bonds. The van der Waals surface area contributed by atoms with Gasteiger partial charge in [-0.15, -0.1) is 0 Å². The monoisotopic (exact) mass is 350 g/mol. The fourth-order valence-corrected chi connectivity index (χ4v) is 1.69. The van der Waals surface area contributed by atoms with Gasteiger partial charge in [0.05, 0.1) is 6.33 Å². The number of carbonyl (C=O) groups is 1. The third-order valence-corrected chi connectivity index (χ3v) is 3.37. The molecule has 0 aliphatic carbocycles. The fourth-order valence-electron chi connectivity index (χ4n) is 1.24. The molecule has 1 atom stereocenters. The van der Waals surface area contributed by atoms with Crippen molar-refractivity contribution >= 4 is 34.3 Å². The van der Waals surface area contributed by atoms with Crippen molar-refractivity contribution in [2.45, 2.75) is 19.9 Å². The van der Waals surface area contributed by atoms with Gasteiger partial charge < -0.3 is 15.2 Å². The van der Waals surface area contributed by atoms with Gasteiger partial charge in [0, 0.05) is 13.6 Å². The lowest BCUT2D eigenvalue weighted by molar-refractivity contribution is -0.130. The van der Waals surface area contributed by atoms with Gasteiger partial charge in [0.1, 0.15) is 15.4 Å². The fraction of sp³-hybridized carbons (Fsp3) is 0.500. The van der Waals surface area contributed by atoms with Gasteiger partial charge >= 0.3 is 0 Å². The van der Waals surface area contributed by atoms with E-state index in [2.05, 4.69) is 15.3 Å². The van der Waals surface area contributed by atoms with Crippen LogP contribution in [0.15, 0.2) is 11.1 Å². The maximum atomic E-state index is 11.8. The van der Waals surface area contributed by atoms with E-state index in [1.807, 2.05) is 29.5 Å². The number of carbonyl (C=O) groups excluding carboxylic acids is 1. The third kappa shape index (κ3) is 3.42. The molecule has 0 aliphatic heterocycles. The number of aromatic amines is 1. The van der Waals surface area contributed by atoms with E-state index in [1.165, 1.54) is 6.33 Å². The van der Waals surface area contributed by atoms with Gasteiger partial charge in [-0.1, -0.05) is 0 Å². The number of nitrogens with one attached hydrogen (secondary N) is 2. The van der Waals surface area contributed by atoms with Gasteiger partial charge in [-0.2, -0.15) is 0 Å². The van der Waals surface area contributed by atoms with E-state index in [9.17, 15) is 9.59 Å². The molecule has 6 nitrogen and oxygen atoms in total. The molecule has 1 unspecified atom stereocenters. The van der Waals surface area contributed by atoms with E-state index in [-0.39, 0.29) is 11.5 Å². The largest absolute Gasteiger partial charge is 0.358 e. The van der Waals surface area contributed by atoms with Crippen molar-refractivity contribution in [2.24, 2.45) is 0 Å². The van der Waals surface area contributed by atoms with E-state index < -0.39 is 6.04 Å². The molecule has 0 bridgehead atoms. The van der Waals surface area contributed by atoms with E-state index >= 15 is 0 Å². The topological polar surface area (TPSA) is 78.1 Å². The minimum absolute atomic E-state index is 0.0367. The van der Waals surface area contributed by atoms with Gasteiger partial charge in [0.25, 0.3) is 5.56 Å². The second kappa shape index (κ2) is 5.99. The summed E-state index contributed by atoms with van der Waals surface area (Å²) >= 11 is 1.89. The summed E-state index contributed by atoms with van der Waals surface area (Å²) in [5, 5.41) is 2.94. The summed E-state index contributed by atoms with van der Waals surface area (Å²) < 4.78 is 0.448. The molecule has 2 N–H and O–H groups in total. The molecule has 0 fully saturated rings. The highest BCUT2D eigenvalue weighted by Crippen LogP contribution is 2.10. The first kappa shape index (κ1) is 13.9. The van der Waals surface area contributed by atoms with Crippen molar-refractivity contribution in [1.29, 1.82) is 0 Å². The molecular formula is C10H15IN4O2. The van der Waals surface area contributed by atoms with Crippen molar-refractivity contribution in [3.63, 3.8) is 0 Å². The van der Waals surface area contributed by atoms with Gasteiger partial charge in [0.15, 0.2) is 0 Å². The zero-order valence-corrected chi connectivity index (χ0v) is 12.1. The summed E-state index contributed by atoms with van der Waals surface area (Å²) in [5.74, 6) is 0.394. The predicted octanol–water partition coefficient (Wildman–Crippen LogP) is 0.653. The van der Waals surface area contributed by atoms with Crippen molar-refractivity contribution < 1.29 is 4.79 Å². The Bertz CT molecular complexity index is 460. The van der Waals surface area contributed by atoms with E-state index in [1.54, 1.807) is 18.9 Å². The van der Waals surface area contributed by atoms with Crippen LogP contribution >= 0.6 is 22.6 Å². The smallest absolute Gasteiger partial charge is 0.266 e. The summed E-state index contributed by atoms with van der Waals surface area (Å²) in [6.07, 6.45) is 1.31. The van der Waals surface area contributed by atoms with Crippen LogP contribution in [0.1, 0.15) is 13.8 Å². The van der Waals surface area contributed by atoms with Crippen molar-refractivity contribution in [2.75, 3.05) is 18.9 Å². The minimum Gasteiger partial charge on any atom is -0.358 e. The lowest BCUT2D eigenvalue weighted by atomic mass is 10.3. The van der Waals surface area contributed by atoms with E-state index in [0.29, 0.717) is 15.9 Å². The SMILES string of the molecule is CCN(C)C(=O)C(C)Nc1nc[nH]c(=O)c1I. The highest BCUT2D eigenvalue weighted by Gasteiger charge is 2.18. The van der Waals surface area contributed by atoms with E-state index in [0.717, 1.165) is 0 Å². The summed E-state index contributed by atoms with van der Waals surface area (Å²) in [6.45, 7) is 4.29. The molecule has 0 radical (unpaired) electrons. The predicted molar refractivity (Wildman–Crippen MR) is 74.0 cm³/mol. The summed E-state index contributed by atoms with van der Waals surface area (Å²) in [6, 6.07) is -0.414. The number of halogens is 1. The normalized spacial score (nSPS) is 12.0. The number of hydrogen-bond acceptors (Lipinski definition) is 4. The molecule has 7 heteroatoms. The van der Waals surface area contributed by atoms with Crippen LogP contribution in [0.3, 0.4) is 0 Å². The first-order valence-electron chi connectivity index (χ1n) is 5.22. The van der Waals surface area contributed by atoms with Crippen molar-refractivity contribution in [3.8, 4) is 0 Å². The molecule has 0 aliphatic rings. The Morgan fingerprint density at radius 3 is 2.94 bits per heavy atom. The second-order valence-corrected chi connectivity index (χ2v) is 4.69. The Hall–Kier alpha value is -1.12. The molecule has 0 spiro atoms. The highest BCUT2D eigenvalue weighted by molar-refractivity contribution is 14.1. The van der Waals surface area contributed by atoms with Gasteiger partial charge in [-0.25, -0.2) is 4.98 Å². The van der Waals surface area contributed by atoms with Crippen LogP contribution in [-0.4, -0.2) is 40.4 Å². The number of H-pyrrole nitrogens is 1. The number of anilines is 1. The number of hydrogen-bond donors (Lipinski definition) is 2. The average molecular weight is 350 g/mol. The van der Waals surface area contributed by atoms with Crippen LogP contribution in [0.2, 0.25) is 0 Å². The molecule has 1 heterocycles. The van der Waals surface area contributed by atoms with Crippen molar-refractivity contribution in [3.05, 3.63) is 20.3 Å². The number of nitrogens with zero attached hydrogens (tertiary/aromatic N) is 2. The number of rotatable bonds is 4. The number of aromatic nitrogens is 2. The summed E-state index contributed by atoms with van der Waals surface area (Å²) in [5.41, 5.74) is -0.216. The van der Waals surface area contributed by atoms with E-state index in [4.69, 9.17) is 0 Å². The maximum absolute atomic E-state index is 11.8. The molecular weight excluding hydrogens is 335 g/mol. The molecule has 17 heavy (non-hydrogen) atoms. The molecule has 1 rings (SSSR count).